The lowest BCUT2D eigenvalue weighted by Gasteiger charge is -2.39. The molecule has 1 aromatic rings. The van der Waals surface area contributed by atoms with Crippen molar-refractivity contribution in [2.45, 2.75) is 19.0 Å². The summed E-state index contributed by atoms with van der Waals surface area (Å²) in [5.74, 6) is 1.27. The molecule has 2 rings (SSSR count). The van der Waals surface area contributed by atoms with Gasteiger partial charge in [0.25, 0.3) is 0 Å². The Labute approximate surface area is 115 Å². The molecule has 0 aliphatic carbocycles. The van der Waals surface area contributed by atoms with Crippen LogP contribution < -0.4 is 0 Å². The minimum atomic E-state index is 0.731. The van der Waals surface area contributed by atoms with Gasteiger partial charge in [0, 0.05) is 32.2 Å². The molecule has 2 nitrogen and oxygen atoms in total. The molecular weight excluding hydrogens is 240 g/mol. The fraction of sp³-hybridized carbons (Fsp3) is 0.600. The molecule has 3 heteroatoms. The summed E-state index contributed by atoms with van der Waals surface area (Å²) in [6.45, 7) is 4.71. The highest BCUT2D eigenvalue weighted by atomic mass is 32.2. The topological polar surface area (TPSA) is 6.48 Å². The maximum Gasteiger partial charge on any atom is 0.0234 e. The largest absolute Gasteiger partial charge is 0.301 e. The van der Waals surface area contributed by atoms with E-state index in [0.29, 0.717) is 0 Å². The summed E-state index contributed by atoms with van der Waals surface area (Å²) in [7, 11) is 2.27. The van der Waals surface area contributed by atoms with Crippen molar-refractivity contribution in [3.05, 3.63) is 35.9 Å². The van der Waals surface area contributed by atoms with Gasteiger partial charge in [0.1, 0.15) is 0 Å². The van der Waals surface area contributed by atoms with E-state index in [0.717, 1.165) is 12.6 Å². The highest BCUT2D eigenvalue weighted by Gasteiger charge is 2.23. The van der Waals surface area contributed by atoms with Gasteiger partial charge < -0.3 is 4.90 Å². The minimum absolute atomic E-state index is 0.731. The molecule has 1 aromatic carbocycles. The average Bonchev–Trinajstić information content (AvgIpc) is 2.40. The number of thioether (sulfide) groups is 1. The first-order valence-electron chi connectivity index (χ1n) is 6.75. The molecule has 1 atom stereocenters. The van der Waals surface area contributed by atoms with Crippen molar-refractivity contribution in [3.63, 3.8) is 0 Å². The summed E-state index contributed by atoms with van der Waals surface area (Å²) >= 11 is 1.96. The van der Waals surface area contributed by atoms with Gasteiger partial charge >= 0.3 is 0 Å². The number of hydrogen-bond donors (Lipinski definition) is 0. The van der Waals surface area contributed by atoms with Crippen LogP contribution in [0, 0.1) is 0 Å². The molecule has 0 N–H and O–H groups in total. The molecular formula is C15H24N2S. The molecule has 1 aliphatic heterocycles. The fourth-order valence-corrected chi connectivity index (χ4v) is 3.07. The van der Waals surface area contributed by atoms with E-state index in [-0.39, 0.29) is 0 Å². The number of piperazine rings is 1. The molecule has 1 aliphatic rings. The highest BCUT2D eigenvalue weighted by molar-refractivity contribution is 7.98. The summed E-state index contributed by atoms with van der Waals surface area (Å²) < 4.78 is 0. The summed E-state index contributed by atoms with van der Waals surface area (Å²) in [6, 6.07) is 11.6. The van der Waals surface area contributed by atoms with Crippen molar-refractivity contribution in [1.82, 2.24) is 9.80 Å². The van der Waals surface area contributed by atoms with Crippen LogP contribution in [0.25, 0.3) is 0 Å². The van der Waals surface area contributed by atoms with Gasteiger partial charge in [0.2, 0.25) is 0 Å². The lowest BCUT2D eigenvalue weighted by Crippen LogP contribution is -2.51. The standard InChI is InChI=1S/C15H24N2S/c1-16-9-10-17(13-15(16)8-11-18-2)12-14-6-4-3-5-7-14/h3-7,15H,8-13H2,1-2H3. The summed E-state index contributed by atoms with van der Waals surface area (Å²) in [6.07, 6.45) is 3.51. The minimum Gasteiger partial charge on any atom is -0.301 e. The van der Waals surface area contributed by atoms with Gasteiger partial charge in [-0.05, 0) is 31.0 Å². The molecule has 0 saturated carbocycles. The van der Waals surface area contributed by atoms with Gasteiger partial charge in [-0.3, -0.25) is 4.90 Å². The smallest absolute Gasteiger partial charge is 0.0234 e. The Hall–Kier alpha value is -0.510. The summed E-state index contributed by atoms with van der Waals surface area (Å²) in [5.41, 5.74) is 1.44. The Morgan fingerprint density at radius 1 is 1.22 bits per heavy atom. The molecule has 0 amide bonds. The van der Waals surface area contributed by atoms with Crippen molar-refractivity contribution in [2.75, 3.05) is 38.7 Å². The zero-order valence-corrected chi connectivity index (χ0v) is 12.3. The zero-order valence-electron chi connectivity index (χ0n) is 11.5. The van der Waals surface area contributed by atoms with Crippen LogP contribution in [0.4, 0.5) is 0 Å². The molecule has 0 spiro atoms. The molecule has 1 heterocycles. The first-order valence-corrected chi connectivity index (χ1v) is 8.14. The summed E-state index contributed by atoms with van der Waals surface area (Å²) in [4.78, 5) is 5.12. The van der Waals surface area contributed by atoms with Crippen LogP contribution in [0.1, 0.15) is 12.0 Å². The van der Waals surface area contributed by atoms with Crippen LogP contribution in [-0.4, -0.2) is 54.5 Å². The van der Waals surface area contributed by atoms with E-state index in [1.165, 1.54) is 37.4 Å². The normalized spacial score (nSPS) is 22.2. The Balaban J connectivity index is 1.87. The maximum absolute atomic E-state index is 2.60. The Bertz CT molecular complexity index is 342. The van der Waals surface area contributed by atoms with Crippen molar-refractivity contribution < 1.29 is 0 Å². The molecule has 100 valence electrons. The molecule has 0 bridgehead atoms. The van der Waals surface area contributed by atoms with E-state index < -0.39 is 0 Å². The Morgan fingerprint density at radius 3 is 2.72 bits per heavy atom. The van der Waals surface area contributed by atoms with Crippen molar-refractivity contribution in [2.24, 2.45) is 0 Å². The number of nitrogens with zero attached hydrogens (tertiary/aromatic N) is 2. The highest BCUT2D eigenvalue weighted by Crippen LogP contribution is 2.15. The predicted molar refractivity (Wildman–Crippen MR) is 81.1 cm³/mol. The Morgan fingerprint density at radius 2 is 2.00 bits per heavy atom. The number of benzene rings is 1. The quantitative estimate of drug-likeness (QED) is 0.807. The van der Waals surface area contributed by atoms with Crippen molar-refractivity contribution >= 4 is 11.8 Å². The second-order valence-electron chi connectivity index (χ2n) is 5.14. The SMILES string of the molecule is CSCCC1CN(Cc2ccccc2)CCN1C. The van der Waals surface area contributed by atoms with Gasteiger partial charge in [-0.1, -0.05) is 30.3 Å². The third kappa shape index (κ3) is 4.01. The van der Waals surface area contributed by atoms with Crippen LogP contribution in [0.3, 0.4) is 0 Å². The van der Waals surface area contributed by atoms with Gasteiger partial charge in [-0.15, -0.1) is 0 Å². The molecule has 0 aromatic heterocycles. The van der Waals surface area contributed by atoms with Crippen LogP contribution in [0.2, 0.25) is 0 Å². The fourth-order valence-electron chi connectivity index (χ4n) is 2.56. The second-order valence-corrected chi connectivity index (χ2v) is 6.12. The predicted octanol–water partition coefficient (Wildman–Crippen LogP) is 2.56. The van der Waals surface area contributed by atoms with Crippen molar-refractivity contribution in [3.8, 4) is 0 Å². The average molecular weight is 264 g/mol. The van der Waals surface area contributed by atoms with Gasteiger partial charge in [0.05, 0.1) is 0 Å². The van der Waals surface area contributed by atoms with E-state index in [1.807, 2.05) is 11.8 Å². The molecule has 1 unspecified atom stereocenters. The second kappa shape index (κ2) is 7.17. The molecule has 0 radical (unpaired) electrons. The first-order chi connectivity index (χ1) is 8.79. The summed E-state index contributed by atoms with van der Waals surface area (Å²) in [5, 5.41) is 0. The van der Waals surface area contributed by atoms with Crippen LogP contribution in [-0.2, 0) is 6.54 Å². The van der Waals surface area contributed by atoms with E-state index in [9.17, 15) is 0 Å². The lowest BCUT2D eigenvalue weighted by atomic mass is 10.1. The third-order valence-corrected chi connectivity index (χ3v) is 4.41. The molecule has 1 saturated heterocycles. The maximum atomic E-state index is 2.60. The first kappa shape index (κ1) is 13.9. The third-order valence-electron chi connectivity index (χ3n) is 3.77. The number of likely N-dealkylation sites (N-methyl/N-ethyl adjacent to an activating group) is 1. The molecule has 1 fully saturated rings. The zero-order chi connectivity index (χ0) is 12.8. The Kier molecular flexibility index (Phi) is 5.54. The monoisotopic (exact) mass is 264 g/mol. The van der Waals surface area contributed by atoms with Crippen LogP contribution >= 0.6 is 11.8 Å². The van der Waals surface area contributed by atoms with E-state index in [4.69, 9.17) is 0 Å². The lowest BCUT2D eigenvalue weighted by molar-refractivity contribution is 0.0890. The van der Waals surface area contributed by atoms with E-state index in [1.54, 1.807) is 0 Å². The van der Waals surface area contributed by atoms with Gasteiger partial charge in [-0.2, -0.15) is 11.8 Å². The van der Waals surface area contributed by atoms with Gasteiger partial charge in [-0.25, -0.2) is 0 Å². The molecule has 18 heavy (non-hydrogen) atoms. The number of rotatable bonds is 5. The van der Waals surface area contributed by atoms with E-state index >= 15 is 0 Å². The van der Waals surface area contributed by atoms with E-state index in [2.05, 4.69) is 53.4 Å². The van der Waals surface area contributed by atoms with Crippen LogP contribution in [0.5, 0.6) is 0 Å². The van der Waals surface area contributed by atoms with Crippen LogP contribution in [0.15, 0.2) is 30.3 Å². The number of hydrogen-bond acceptors (Lipinski definition) is 3. The van der Waals surface area contributed by atoms with Gasteiger partial charge in [0.15, 0.2) is 0 Å². The van der Waals surface area contributed by atoms with Crippen molar-refractivity contribution in [1.29, 1.82) is 0 Å².